The molecule has 0 spiro atoms. The monoisotopic (exact) mass is 246 g/mol. The Balaban J connectivity index is 3.15. The Hall–Kier alpha value is -1.55. The van der Waals surface area contributed by atoms with Crippen LogP contribution in [0.3, 0.4) is 0 Å². The van der Waals surface area contributed by atoms with Crippen molar-refractivity contribution >= 4 is 10.3 Å². The molecule has 0 aliphatic carbocycles. The number of allylic oxidation sites excluding steroid dienone is 5. The third-order valence-electron chi connectivity index (χ3n) is 2.12. The molecule has 0 saturated heterocycles. The highest BCUT2D eigenvalue weighted by molar-refractivity contribution is 8.13. The van der Waals surface area contributed by atoms with Crippen LogP contribution in [0.15, 0.2) is 45.9 Å². The number of hydrogen-bond acceptors (Lipinski definition) is 1. The van der Waals surface area contributed by atoms with Crippen LogP contribution in [-0.2, 0) is 4.74 Å². The van der Waals surface area contributed by atoms with Gasteiger partial charge in [0.15, 0.2) is 6.10 Å². The molecule has 2 unspecified atom stereocenters. The fraction of sp³-hybridized carbons (Fsp3) is 0.267. The fourth-order valence-electron chi connectivity index (χ4n) is 1.38. The molecule has 0 amide bonds. The van der Waals surface area contributed by atoms with Crippen LogP contribution in [-0.4, -0.2) is 6.10 Å². The number of rotatable bonds is 2. The smallest absolute Gasteiger partial charge is 0.179 e. The standard InChI is InChI=1S/C15H18OS/c1-6-8-9-15-16-13(7-2)11-14(17(15)5)10-12(3)4/h2,5-6,8-11,13,17H,1,3-4H3/b8-6-,15-9-. The topological polar surface area (TPSA) is 9.23 Å². The molecule has 0 radical (unpaired) electrons. The Kier molecular flexibility index (Phi) is 4.97. The summed E-state index contributed by atoms with van der Waals surface area (Å²) in [4.78, 5) is 1.07. The molecule has 17 heavy (non-hydrogen) atoms. The highest BCUT2D eigenvalue weighted by Crippen LogP contribution is 2.38. The average molecular weight is 246 g/mol. The molecule has 90 valence electrons. The maximum atomic E-state index is 6.19. The minimum absolute atomic E-state index is 0.320. The molecule has 1 rings (SSSR count). The van der Waals surface area contributed by atoms with Gasteiger partial charge in [-0.2, -0.15) is 0 Å². The predicted octanol–water partition coefficient (Wildman–Crippen LogP) is 3.88. The molecule has 0 aromatic heterocycles. The van der Waals surface area contributed by atoms with Gasteiger partial charge < -0.3 is 4.74 Å². The first-order chi connectivity index (χ1) is 8.08. The molecule has 0 N–H and O–H groups in total. The number of hydrogen-bond donors (Lipinski definition) is 1. The lowest BCUT2D eigenvalue weighted by molar-refractivity contribution is 0.222. The quantitative estimate of drug-likeness (QED) is 0.574. The van der Waals surface area contributed by atoms with Gasteiger partial charge in [0, 0.05) is 4.91 Å². The van der Waals surface area contributed by atoms with E-state index in [0.29, 0.717) is 0 Å². The highest BCUT2D eigenvalue weighted by Gasteiger charge is 2.16. The van der Waals surface area contributed by atoms with Gasteiger partial charge in [-0.05, 0) is 32.9 Å². The lowest BCUT2D eigenvalue weighted by atomic mass is 10.2. The SMILES string of the molecule is C#CC1C=C(C=C(C)C)[SH](#C)/C(=C\C=C/C)O1. The zero-order chi connectivity index (χ0) is 12.8. The normalized spacial score (nSPS) is 26.2. The molecule has 2 atom stereocenters. The van der Waals surface area contributed by atoms with E-state index < -0.39 is 10.3 Å². The molecule has 1 aliphatic heterocycles. The summed E-state index contributed by atoms with van der Waals surface area (Å²) >= 11 is 0. The zero-order valence-electron chi connectivity index (χ0n) is 10.5. The van der Waals surface area contributed by atoms with Crippen LogP contribution >= 0.6 is 10.3 Å². The van der Waals surface area contributed by atoms with Gasteiger partial charge in [0.05, 0.1) is 0 Å². The van der Waals surface area contributed by atoms with Gasteiger partial charge in [-0.25, -0.2) is 0 Å². The molecule has 2 heteroatoms. The summed E-state index contributed by atoms with van der Waals surface area (Å²) in [6.45, 7) is 6.03. The molecule has 1 aliphatic rings. The van der Waals surface area contributed by atoms with Gasteiger partial charge in [-0.15, -0.1) is 22.4 Å². The van der Waals surface area contributed by atoms with Crippen molar-refractivity contribution in [3.8, 4) is 18.0 Å². The molecule has 0 bridgehead atoms. The van der Waals surface area contributed by atoms with Gasteiger partial charge in [0.1, 0.15) is 5.09 Å². The Morgan fingerprint density at radius 2 is 2.24 bits per heavy atom. The Morgan fingerprint density at radius 1 is 1.53 bits per heavy atom. The van der Waals surface area contributed by atoms with E-state index in [0.717, 1.165) is 10.00 Å². The molecular formula is C15H18OS. The maximum absolute atomic E-state index is 6.19. The second-order valence-corrected chi connectivity index (χ2v) is 5.62. The van der Waals surface area contributed by atoms with E-state index in [4.69, 9.17) is 16.8 Å². The van der Waals surface area contributed by atoms with Crippen molar-refractivity contribution < 1.29 is 4.74 Å². The van der Waals surface area contributed by atoms with Crippen molar-refractivity contribution in [3.05, 3.63) is 45.9 Å². The van der Waals surface area contributed by atoms with Gasteiger partial charge in [-0.1, -0.05) is 29.7 Å². The van der Waals surface area contributed by atoms with Crippen LogP contribution in [0.1, 0.15) is 20.8 Å². The summed E-state index contributed by atoms with van der Waals surface area (Å²) in [5.74, 6) is 2.60. The first-order valence-electron chi connectivity index (χ1n) is 5.45. The summed E-state index contributed by atoms with van der Waals surface area (Å²) in [6, 6.07) is 0. The largest absolute Gasteiger partial charge is 0.468 e. The van der Waals surface area contributed by atoms with E-state index in [1.54, 1.807) is 0 Å². The number of thiol groups is 1. The van der Waals surface area contributed by atoms with Gasteiger partial charge >= 0.3 is 0 Å². The van der Waals surface area contributed by atoms with E-state index in [-0.39, 0.29) is 6.10 Å². The van der Waals surface area contributed by atoms with E-state index in [1.165, 1.54) is 5.57 Å². The minimum atomic E-state index is -0.918. The fourth-order valence-corrected chi connectivity index (χ4v) is 2.80. The Bertz CT molecular complexity index is 511. The van der Waals surface area contributed by atoms with Gasteiger partial charge in [0.2, 0.25) is 0 Å². The Morgan fingerprint density at radius 3 is 2.76 bits per heavy atom. The molecule has 0 saturated carbocycles. The summed E-state index contributed by atoms with van der Waals surface area (Å²) in [7, 11) is -0.918. The lowest BCUT2D eigenvalue weighted by Gasteiger charge is -2.23. The third-order valence-corrected chi connectivity index (χ3v) is 3.68. The van der Waals surface area contributed by atoms with Crippen molar-refractivity contribution in [1.29, 1.82) is 0 Å². The van der Waals surface area contributed by atoms with Crippen LogP contribution < -0.4 is 0 Å². The molecule has 0 aromatic rings. The summed E-state index contributed by atoms with van der Waals surface area (Å²) < 4.78 is 5.63. The van der Waals surface area contributed by atoms with Crippen molar-refractivity contribution in [3.63, 3.8) is 0 Å². The average Bonchev–Trinajstić information content (AvgIpc) is 2.29. The minimum Gasteiger partial charge on any atom is -0.468 e. The van der Waals surface area contributed by atoms with Crippen molar-refractivity contribution in [1.82, 2.24) is 0 Å². The number of ether oxygens (including phenoxy) is 1. The van der Waals surface area contributed by atoms with Crippen molar-refractivity contribution in [2.45, 2.75) is 26.9 Å². The first kappa shape index (κ1) is 13.5. The number of terminal acetylenes is 1. The van der Waals surface area contributed by atoms with Crippen LogP contribution in [0.25, 0.3) is 0 Å². The molecule has 1 heterocycles. The molecular weight excluding hydrogens is 228 g/mol. The van der Waals surface area contributed by atoms with Crippen LogP contribution in [0, 0.1) is 18.0 Å². The molecule has 0 aromatic carbocycles. The van der Waals surface area contributed by atoms with Crippen LogP contribution in [0.4, 0.5) is 0 Å². The van der Waals surface area contributed by atoms with Gasteiger partial charge in [-0.3, -0.25) is 0 Å². The highest BCUT2D eigenvalue weighted by atomic mass is 32.2. The van der Waals surface area contributed by atoms with E-state index >= 15 is 0 Å². The summed E-state index contributed by atoms with van der Waals surface area (Å²) in [6.07, 6.45) is 14.8. The second-order valence-electron chi connectivity index (χ2n) is 3.92. The first-order valence-corrected chi connectivity index (χ1v) is 6.87. The zero-order valence-corrected chi connectivity index (χ0v) is 11.4. The summed E-state index contributed by atoms with van der Waals surface area (Å²) in [5.41, 5.74) is 7.39. The predicted molar refractivity (Wildman–Crippen MR) is 78.0 cm³/mol. The molecule has 0 fully saturated rings. The molecule has 1 nitrogen and oxygen atoms in total. The van der Waals surface area contributed by atoms with Crippen molar-refractivity contribution in [2.24, 2.45) is 0 Å². The second kappa shape index (κ2) is 6.25. The maximum Gasteiger partial charge on any atom is 0.179 e. The summed E-state index contributed by atoms with van der Waals surface area (Å²) in [5, 5.41) is 0.774. The van der Waals surface area contributed by atoms with Crippen LogP contribution in [0.5, 0.6) is 0 Å². The Labute approximate surface area is 106 Å². The van der Waals surface area contributed by atoms with Gasteiger partial charge in [0.25, 0.3) is 0 Å². The van der Waals surface area contributed by atoms with E-state index in [9.17, 15) is 0 Å². The van der Waals surface area contributed by atoms with Crippen LogP contribution in [0.2, 0.25) is 0 Å². The van der Waals surface area contributed by atoms with E-state index in [2.05, 4.69) is 12.0 Å². The third kappa shape index (κ3) is 3.75. The van der Waals surface area contributed by atoms with Crippen molar-refractivity contribution in [2.75, 3.05) is 0 Å². The lowest BCUT2D eigenvalue weighted by Crippen LogP contribution is -2.10. The van der Waals surface area contributed by atoms with E-state index in [1.807, 2.05) is 45.1 Å².